The fourth-order valence-electron chi connectivity index (χ4n) is 5.18. The van der Waals surface area contributed by atoms with Gasteiger partial charge in [-0.25, -0.2) is 4.98 Å². The van der Waals surface area contributed by atoms with Crippen molar-refractivity contribution in [2.75, 3.05) is 42.6 Å². The SMILES string of the molecule is CC1CN(c2cc(C(F)(F)F)cc(-c3cccc(C(N)=O)c3N3CCC4(CC3)CC4)n2)CCO1. The molecule has 1 spiro atoms. The van der Waals surface area contributed by atoms with Crippen molar-refractivity contribution >= 4 is 17.4 Å². The molecule has 3 fully saturated rings. The lowest BCUT2D eigenvalue weighted by Gasteiger charge is -2.36. The van der Waals surface area contributed by atoms with Gasteiger partial charge in [0.2, 0.25) is 0 Å². The number of rotatable bonds is 4. The number of carbonyl (C=O) groups excluding carboxylic acids is 1. The molecule has 3 heterocycles. The Kier molecular flexibility index (Phi) is 5.70. The van der Waals surface area contributed by atoms with E-state index in [1.807, 2.05) is 11.8 Å². The molecule has 182 valence electrons. The number of nitrogens with zero attached hydrogens (tertiary/aromatic N) is 3. The van der Waals surface area contributed by atoms with Crippen LogP contribution in [-0.4, -0.2) is 49.8 Å². The number of morpholine rings is 1. The Labute approximate surface area is 196 Å². The molecule has 5 rings (SSSR count). The number of halogens is 3. The molecule has 9 heteroatoms. The first-order chi connectivity index (χ1) is 16.2. The van der Waals surface area contributed by atoms with Crippen molar-refractivity contribution in [3.05, 3.63) is 41.5 Å². The van der Waals surface area contributed by atoms with Crippen molar-refractivity contribution in [2.24, 2.45) is 11.1 Å². The molecule has 3 aliphatic rings. The molecule has 1 aromatic heterocycles. The van der Waals surface area contributed by atoms with Crippen LogP contribution in [0.1, 0.15) is 48.5 Å². The number of ether oxygens (including phenoxy) is 1. The van der Waals surface area contributed by atoms with Crippen molar-refractivity contribution in [3.63, 3.8) is 0 Å². The summed E-state index contributed by atoms with van der Waals surface area (Å²) >= 11 is 0. The molecule has 6 nitrogen and oxygen atoms in total. The lowest BCUT2D eigenvalue weighted by molar-refractivity contribution is -0.137. The van der Waals surface area contributed by atoms with E-state index in [9.17, 15) is 18.0 Å². The summed E-state index contributed by atoms with van der Waals surface area (Å²) in [6.45, 7) is 4.70. The number of alkyl halides is 3. The lowest BCUT2D eigenvalue weighted by Crippen LogP contribution is -2.41. The van der Waals surface area contributed by atoms with Gasteiger partial charge in [-0.2, -0.15) is 13.2 Å². The van der Waals surface area contributed by atoms with E-state index in [2.05, 4.69) is 9.88 Å². The summed E-state index contributed by atoms with van der Waals surface area (Å²) in [7, 11) is 0. The molecular weight excluding hydrogens is 445 g/mol. The number of para-hydroxylation sites is 1. The van der Waals surface area contributed by atoms with Gasteiger partial charge in [0.1, 0.15) is 5.82 Å². The minimum absolute atomic E-state index is 0.106. The van der Waals surface area contributed by atoms with Crippen molar-refractivity contribution < 1.29 is 22.7 Å². The lowest BCUT2D eigenvalue weighted by atomic mass is 9.91. The molecule has 34 heavy (non-hydrogen) atoms. The van der Waals surface area contributed by atoms with Crippen LogP contribution in [0.15, 0.2) is 30.3 Å². The van der Waals surface area contributed by atoms with Crippen LogP contribution < -0.4 is 15.5 Å². The third-order valence-electron chi connectivity index (χ3n) is 7.38. The van der Waals surface area contributed by atoms with E-state index in [0.717, 1.165) is 38.1 Å². The zero-order chi connectivity index (χ0) is 24.1. The smallest absolute Gasteiger partial charge is 0.375 e. The van der Waals surface area contributed by atoms with Crippen molar-refractivity contribution in [3.8, 4) is 11.3 Å². The Hall–Kier alpha value is -2.81. The van der Waals surface area contributed by atoms with Gasteiger partial charge in [0.25, 0.3) is 5.91 Å². The second kappa shape index (κ2) is 8.45. The van der Waals surface area contributed by atoms with Crippen molar-refractivity contribution in [1.82, 2.24) is 4.98 Å². The molecule has 2 N–H and O–H groups in total. The van der Waals surface area contributed by atoms with Crippen LogP contribution in [0.2, 0.25) is 0 Å². The first kappa shape index (κ1) is 23.0. The molecule has 1 saturated carbocycles. The standard InChI is InChI=1S/C25H29F3N4O2/c1-16-15-32(11-12-34-16)21-14-17(25(26,27)28)13-20(30-21)18-3-2-4-19(23(29)33)22(18)31-9-7-24(5-6-24)8-10-31/h2-4,13-14,16H,5-12,15H2,1H3,(H2,29,33). The minimum atomic E-state index is -4.53. The van der Waals surface area contributed by atoms with Gasteiger partial charge in [0.05, 0.1) is 35.2 Å². The molecule has 1 aromatic carbocycles. The summed E-state index contributed by atoms with van der Waals surface area (Å²) in [5.41, 5.74) is 6.93. The van der Waals surface area contributed by atoms with E-state index in [4.69, 9.17) is 10.5 Å². The summed E-state index contributed by atoms with van der Waals surface area (Å²) in [4.78, 5) is 20.9. The van der Waals surface area contributed by atoms with E-state index < -0.39 is 17.6 Å². The molecule has 2 aliphatic heterocycles. The zero-order valence-corrected chi connectivity index (χ0v) is 19.2. The Morgan fingerprint density at radius 1 is 1.12 bits per heavy atom. The maximum Gasteiger partial charge on any atom is 0.416 e. The second-order valence-electron chi connectivity index (χ2n) is 9.78. The van der Waals surface area contributed by atoms with Gasteiger partial charge < -0.3 is 20.3 Å². The molecule has 1 amide bonds. The molecule has 1 aliphatic carbocycles. The van der Waals surface area contributed by atoms with Crippen LogP contribution in [0.3, 0.4) is 0 Å². The van der Waals surface area contributed by atoms with Crippen LogP contribution >= 0.6 is 0 Å². The highest BCUT2D eigenvalue weighted by Crippen LogP contribution is 2.54. The molecule has 0 radical (unpaired) electrons. The third-order valence-corrected chi connectivity index (χ3v) is 7.38. The van der Waals surface area contributed by atoms with Gasteiger partial charge in [0, 0.05) is 31.7 Å². The van der Waals surface area contributed by atoms with Crippen LogP contribution in [-0.2, 0) is 10.9 Å². The van der Waals surface area contributed by atoms with E-state index >= 15 is 0 Å². The highest BCUT2D eigenvalue weighted by atomic mass is 19.4. The average Bonchev–Trinajstić information content (AvgIpc) is 3.57. The summed E-state index contributed by atoms with van der Waals surface area (Å²) in [5, 5.41) is 0. The highest BCUT2D eigenvalue weighted by molar-refractivity contribution is 6.02. The van der Waals surface area contributed by atoms with Crippen LogP contribution in [0, 0.1) is 5.41 Å². The summed E-state index contributed by atoms with van der Waals surface area (Å²) in [6.07, 6.45) is -0.178. The number of nitrogens with two attached hydrogens (primary N) is 1. The van der Waals surface area contributed by atoms with Crippen molar-refractivity contribution in [1.29, 1.82) is 0 Å². The number of hydrogen-bond acceptors (Lipinski definition) is 5. The van der Waals surface area contributed by atoms with Crippen LogP contribution in [0.25, 0.3) is 11.3 Å². The fraction of sp³-hybridized carbons (Fsp3) is 0.520. The number of anilines is 2. The van der Waals surface area contributed by atoms with Crippen LogP contribution in [0.5, 0.6) is 0 Å². The van der Waals surface area contributed by atoms with Gasteiger partial charge in [0.15, 0.2) is 0 Å². The molecule has 0 bridgehead atoms. The molecule has 2 aromatic rings. The number of piperidine rings is 1. The summed E-state index contributed by atoms with van der Waals surface area (Å²) < 4.78 is 47.3. The predicted octanol–water partition coefficient (Wildman–Crippen LogP) is 4.47. The summed E-state index contributed by atoms with van der Waals surface area (Å²) in [6, 6.07) is 7.20. The van der Waals surface area contributed by atoms with E-state index in [-0.39, 0.29) is 17.6 Å². The van der Waals surface area contributed by atoms with E-state index in [1.54, 1.807) is 18.2 Å². The second-order valence-corrected chi connectivity index (χ2v) is 9.78. The summed E-state index contributed by atoms with van der Waals surface area (Å²) in [5.74, 6) is -0.344. The molecule has 2 saturated heterocycles. The average molecular weight is 475 g/mol. The molecule has 1 unspecified atom stereocenters. The maximum absolute atomic E-state index is 13.9. The quantitative estimate of drug-likeness (QED) is 0.708. The number of pyridine rings is 1. The number of primary amides is 1. The predicted molar refractivity (Wildman–Crippen MR) is 124 cm³/mol. The van der Waals surface area contributed by atoms with E-state index in [1.165, 1.54) is 12.8 Å². The number of amides is 1. The van der Waals surface area contributed by atoms with Gasteiger partial charge in [-0.3, -0.25) is 4.79 Å². The third kappa shape index (κ3) is 4.45. The monoisotopic (exact) mass is 474 g/mol. The molecular formula is C25H29F3N4O2. The van der Waals surface area contributed by atoms with Gasteiger partial charge in [-0.15, -0.1) is 0 Å². The zero-order valence-electron chi connectivity index (χ0n) is 19.2. The fourth-order valence-corrected chi connectivity index (χ4v) is 5.18. The maximum atomic E-state index is 13.9. The number of carbonyl (C=O) groups is 1. The largest absolute Gasteiger partial charge is 0.416 e. The topological polar surface area (TPSA) is 71.7 Å². The Morgan fingerprint density at radius 3 is 2.47 bits per heavy atom. The number of benzene rings is 1. The highest BCUT2D eigenvalue weighted by Gasteiger charge is 2.45. The molecule has 1 atom stereocenters. The Morgan fingerprint density at radius 2 is 1.85 bits per heavy atom. The van der Waals surface area contributed by atoms with Gasteiger partial charge in [-0.05, 0) is 56.2 Å². The first-order valence-electron chi connectivity index (χ1n) is 11.8. The van der Waals surface area contributed by atoms with Gasteiger partial charge in [-0.1, -0.05) is 12.1 Å². The first-order valence-corrected chi connectivity index (χ1v) is 11.8. The normalized spacial score (nSPS) is 22.2. The van der Waals surface area contributed by atoms with Crippen LogP contribution in [0.4, 0.5) is 24.7 Å². The number of hydrogen-bond donors (Lipinski definition) is 1. The number of aromatic nitrogens is 1. The van der Waals surface area contributed by atoms with Crippen molar-refractivity contribution in [2.45, 2.75) is 44.9 Å². The Balaban J connectivity index is 1.61. The minimum Gasteiger partial charge on any atom is -0.375 e. The Bertz CT molecular complexity index is 1090. The van der Waals surface area contributed by atoms with E-state index in [0.29, 0.717) is 41.9 Å². The van der Waals surface area contributed by atoms with Gasteiger partial charge >= 0.3 is 6.18 Å².